The van der Waals surface area contributed by atoms with Crippen molar-refractivity contribution in [3.05, 3.63) is 51.7 Å². The van der Waals surface area contributed by atoms with Crippen LogP contribution in [0.5, 0.6) is 0 Å². The normalized spacial score (nSPS) is 10.3. The monoisotopic (exact) mass is 251 g/mol. The van der Waals surface area contributed by atoms with Gasteiger partial charge in [0.05, 0.1) is 11.5 Å². The molecule has 0 fully saturated rings. The van der Waals surface area contributed by atoms with Crippen LogP contribution in [0.15, 0.2) is 28.8 Å². The number of anilines is 1. The molecule has 0 aliphatic rings. The number of rotatable bonds is 4. The number of aryl methyl sites for hydroxylation is 1. The minimum Gasteiger partial charge on any atom is -0.379 e. The first-order chi connectivity index (χ1) is 8.56. The van der Waals surface area contributed by atoms with Gasteiger partial charge in [-0.05, 0) is 19.1 Å². The van der Waals surface area contributed by atoms with Gasteiger partial charge in [0.2, 0.25) is 5.82 Å². The lowest BCUT2D eigenvalue weighted by atomic mass is 10.2. The number of nitro benzene ring substituents is 1. The van der Waals surface area contributed by atoms with Gasteiger partial charge in [-0.25, -0.2) is 0 Å². The molecule has 0 amide bonds. The first kappa shape index (κ1) is 12.0. The van der Waals surface area contributed by atoms with Crippen molar-refractivity contribution in [2.45, 2.75) is 13.5 Å². The van der Waals surface area contributed by atoms with Gasteiger partial charge in [-0.2, -0.15) is 4.39 Å². The zero-order valence-corrected chi connectivity index (χ0v) is 9.51. The van der Waals surface area contributed by atoms with Crippen LogP contribution in [0.3, 0.4) is 0 Å². The second kappa shape index (κ2) is 4.82. The SMILES string of the molecule is Cc1cc(CNc2ccc(F)c([N+](=O)[O-])c2)no1. The molecule has 7 heteroatoms. The Kier molecular flexibility index (Phi) is 3.22. The molecule has 0 unspecified atom stereocenters. The molecule has 0 bridgehead atoms. The van der Waals surface area contributed by atoms with E-state index in [1.807, 2.05) is 0 Å². The third kappa shape index (κ3) is 2.62. The number of hydrogen-bond donors (Lipinski definition) is 1. The molecule has 0 spiro atoms. The zero-order valence-electron chi connectivity index (χ0n) is 9.51. The average Bonchev–Trinajstić information content (AvgIpc) is 2.74. The Bertz CT molecular complexity index is 583. The summed E-state index contributed by atoms with van der Waals surface area (Å²) in [6, 6.07) is 5.36. The third-order valence-corrected chi connectivity index (χ3v) is 2.29. The Morgan fingerprint density at radius 1 is 1.50 bits per heavy atom. The van der Waals surface area contributed by atoms with Crippen molar-refractivity contribution in [2.75, 3.05) is 5.32 Å². The number of nitrogens with one attached hydrogen (secondary N) is 1. The fraction of sp³-hybridized carbons (Fsp3) is 0.182. The van der Waals surface area contributed by atoms with E-state index in [0.29, 0.717) is 23.7 Å². The summed E-state index contributed by atoms with van der Waals surface area (Å²) in [5.41, 5.74) is 0.555. The summed E-state index contributed by atoms with van der Waals surface area (Å²) < 4.78 is 18.0. The van der Waals surface area contributed by atoms with Gasteiger partial charge in [-0.15, -0.1) is 0 Å². The maximum absolute atomic E-state index is 13.1. The van der Waals surface area contributed by atoms with Gasteiger partial charge in [-0.3, -0.25) is 10.1 Å². The van der Waals surface area contributed by atoms with Crippen LogP contribution in [-0.2, 0) is 6.54 Å². The molecule has 1 aromatic carbocycles. The molecule has 6 nitrogen and oxygen atoms in total. The number of benzene rings is 1. The molecule has 0 saturated heterocycles. The van der Waals surface area contributed by atoms with E-state index in [1.54, 1.807) is 13.0 Å². The van der Waals surface area contributed by atoms with Gasteiger partial charge in [0, 0.05) is 17.8 Å². The van der Waals surface area contributed by atoms with Gasteiger partial charge in [-0.1, -0.05) is 5.16 Å². The highest BCUT2D eigenvalue weighted by Gasteiger charge is 2.14. The van der Waals surface area contributed by atoms with E-state index in [0.717, 1.165) is 12.1 Å². The van der Waals surface area contributed by atoms with Gasteiger partial charge >= 0.3 is 5.69 Å². The van der Waals surface area contributed by atoms with E-state index in [-0.39, 0.29) is 0 Å². The highest BCUT2D eigenvalue weighted by Crippen LogP contribution is 2.21. The summed E-state index contributed by atoms with van der Waals surface area (Å²) in [6.45, 7) is 2.11. The van der Waals surface area contributed by atoms with E-state index in [1.165, 1.54) is 6.07 Å². The highest BCUT2D eigenvalue weighted by atomic mass is 19.1. The Balaban J connectivity index is 2.10. The summed E-state index contributed by atoms with van der Waals surface area (Å²) in [4.78, 5) is 9.80. The molecule has 0 atom stereocenters. The molecule has 0 saturated carbocycles. The van der Waals surface area contributed by atoms with E-state index in [4.69, 9.17) is 4.52 Å². The molecule has 0 radical (unpaired) electrons. The van der Waals surface area contributed by atoms with Crippen molar-refractivity contribution >= 4 is 11.4 Å². The second-order valence-electron chi connectivity index (χ2n) is 3.71. The topological polar surface area (TPSA) is 81.2 Å². The number of halogens is 1. The van der Waals surface area contributed by atoms with E-state index in [9.17, 15) is 14.5 Å². The van der Waals surface area contributed by atoms with Crippen LogP contribution in [-0.4, -0.2) is 10.1 Å². The van der Waals surface area contributed by atoms with Crippen molar-refractivity contribution in [2.24, 2.45) is 0 Å². The summed E-state index contributed by atoms with van der Waals surface area (Å²) in [5.74, 6) is -0.181. The summed E-state index contributed by atoms with van der Waals surface area (Å²) in [7, 11) is 0. The first-order valence-corrected chi connectivity index (χ1v) is 5.16. The van der Waals surface area contributed by atoms with Crippen LogP contribution in [0.1, 0.15) is 11.5 Å². The quantitative estimate of drug-likeness (QED) is 0.667. The molecule has 2 aromatic rings. The highest BCUT2D eigenvalue weighted by molar-refractivity contribution is 5.51. The number of nitrogens with zero attached hydrogens (tertiary/aromatic N) is 2. The Morgan fingerprint density at radius 3 is 2.89 bits per heavy atom. The maximum atomic E-state index is 13.1. The van der Waals surface area contributed by atoms with Crippen LogP contribution in [0, 0.1) is 22.9 Å². The number of nitro groups is 1. The van der Waals surface area contributed by atoms with Crippen LogP contribution in [0.25, 0.3) is 0 Å². The lowest BCUT2D eigenvalue weighted by Crippen LogP contribution is -2.01. The second-order valence-corrected chi connectivity index (χ2v) is 3.71. The smallest absolute Gasteiger partial charge is 0.306 e. The van der Waals surface area contributed by atoms with E-state index < -0.39 is 16.4 Å². The van der Waals surface area contributed by atoms with Crippen molar-refractivity contribution in [3.63, 3.8) is 0 Å². The van der Waals surface area contributed by atoms with Crippen LogP contribution in [0.2, 0.25) is 0 Å². The van der Waals surface area contributed by atoms with Crippen molar-refractivity contribution in [3.8, 4) is 0 Å². The van der Waals surface area contributed by atoms with Crippen LogP contribution < -0.4 is 5.32 Å². The largest absolute Gasteiger partial charge is 0.379 e. The number of hydrogen-bond acceptors (Lipinski definition) is 5. The lowest BCUT2D eigenvalue weighted by Gasteiger charge is -2.03. The molecule has 18 heavy (non-hydrogen) atoms. The summed E-state index contributed by atoms with van der Waals surface area (Å²) >= 11 is 0. The molecule has 0 aliphatic heterocycles. The Hall–Kier alpha value is -2.44. The predicted molar refractivity (Wildman–Crippen MR) is 61.6 cm³/mol. The predicted octanol–water partition coefficient (Wildman–Crippen LogP) is 2.64. The molecule has 1 heterocycles. The van der Waals surface area contributed by atoms with E-state index >= 15 is 0 Å². The third-order valence-electron chi connectivity index (χ3n) is 2.29. The van der Waals surface area contributed by atoms with Crippen LogP contribution >= 0.6 is 0 Å². The van der Waals surface area contributed by atoms with Gasteiger partial charge in [0.15, 0.2) is 0 Å². The first-order valence-electron chi connectivity index (χ1n) is 5.16. The van der Waals surface area contributed by atoms with Crippen molar-refractivity contribution in [1.82, 2.24) is 5.16 Å². The van der Waals surface area contributed by atoms with Crippen molar-refractivity contribution < 1.29 is 13.8 Å². The van der Waals surface area contributed by atoms with Gasteiger partial charge in [0.25, 0.3) is 0 Å². The molecule has 1 aromatic heterocycles. The molecular formula is C11H10FN3O3. The van der Waals surface area contributed by atoms with Gasteiger partial charge < -0.3 is 9.84 Å². The summed E-state index contributed by atoms with van der Waals surface area (Å²) in [6.07, 6.45) is 0. The Morgan fingerprint density at radius 2 is 2.28 bits per heavy atom. The van der Waals surface area contributed by atoms with E-state index in [2.05, 4.69) is 10.5 Å². The molecule has 2 rings (SSSR count). The molecular weight excluding hydrogens is 241 g/mol. The van der Waals surface area contributed by atoms with Crippen LogP contribution in [0.4, 0.5) is 15.8 Å². The standard InChI is InChI=1S/C11H10FN3O3/c1-7-4-9(14-18-7)6-13-8-2-3-10(12)11(5-8)15(16)17/h2-5,13H,6H2,1H3. The molecule has 0 aliphatic carbocycles. The minimum atomic E-state index is -0.858. The minimum absolute atomic E-state index is 0.347. The zero-order chi connectivity index (χ0) is 13.1. The fourth-order valence-electron chi connectivity index (χ4n) is 1.46. The number of aromatic nitrogens is 1. The maximum Gasteiger partial charge on any atom is 0.306 e. The Labute approximate surface area is 102 Å². The summed E-state index contributed by atoms with van der Waals surface area (Å²) in [5, 5.41) is 17.2. The molecule has 1 N–H and O–H groups in total. The average molecular weight is 251 g/mol. The lowest BCUT2D eigenvalue weighted by molar-refractivity contribution is -0.387. The fourth-order valence-corrected chi connectivity index (χ4v) is 1.46. The van der Waals surface area contributed by atoms with Crippen molar-refractivity contribution in [1.29, 1.82) is 0 Å². The molecule has 94 valence electrons. The van der Waals surface area contributed by atoms with Gasteiger partial charge in [0.1, 0.15) is 11.5 Å².